The van der Waals surface area contributed by atoms with E-state index in [0.717, 1.165) is 5.57 Å². The fraction of sp³-hybridized carbons (Fsp3) is 0.941. The molecular weight excluding hydrogens is 1410 g/mol. The summed E-state index contributed by atoms with van der Waals surface area (Å²) in [6.45, 7) is 8.59. The number of ether oxygens (including phenoxy) is 14. The van der Waals surface area contributed by atoms with Gasteiger partial charge in [-0.2, -0.15) is 0 Å². The number of aliphatic hydroxyl groups is 20. The predicted octanol–water partition coefficient (Wildman–Crippen LogP) is -7.97. The Kier molecular flexibility index (Phi) is 23.7. The van der Waals surface area contributed by atoms with E-state index in [0.29, 0.717) is 32.1 Å². The van der Waals surface area contributed by atoms with E-state index in [2.05, 4.69) is 33.8 Å². The Balaban J connectivity index is 0.779. The molecule has 602 valence electrons. The van der Waals surface area contributed by atoms with Gasteiger partial charge < -0.3 is 174 Å². The molecule has 7 saturated heterocycles. The van der Waals surface area contributed by atoms with Crippen molar-refractivity contribution in [3.63, 3.8) is 0 Å². The standard InChI is InChI=1S/C68H108O37/c1-24-45(98-55-44(86)46(30(75)20-93-55)99-60-51(87)67(91,22-71)23-95-60)39(81)42(84)56(96-24)102-49-36(78)29(74)19-94-58(49)105-61(90)68-13-12-62(2,3)14-26(68)25-8-9-33-63(4)15-27(72)52(64(5,21-70)32(63)10-11-65(33,6)66(25,7)16-34(68)76)104-59-50(103-57-41(83)38(80)37(79)31(17-69)97-57)47(43(85)48(101-59)53(88)89)100-54-40(82)35(77)28(73)18-92-54/h8,24,26-52,54-60,69-87,91H,9-23H2,1-7H3,(H,88,89)/t24-,26-,27-,28+,29-,30+,31+,32+,33+,34+,35-,36+,37+,38-,39-,40+,41+,42+,43-,44+,45-,46-,47-,48-,49+,50+,51-,52-,54-,55-,56-,57-,58-,59-,60-,63-,64-,65+,66+,67-,68+/m0/s1. The topological polar surface area (TPSA) is 588 Å². The molecule has 7 aliphatic heterocycles. The van der Waals surface area contributed by atoms with Crippen LogP contribution >= 0.6 is 0 Å². The molecule has 0 aromatic carbocycles. The SMILES string of the molecule is C[C@@H]1O[C@@H](O[C@H]2[C@H](OC(=O)[C@]34CCC(C)(C)C[C@H]3C3=CC[C@@H]5[C@@]6(C)C[C@H](O)[C@H](O[C@@H]7O[C@H](C(=O)O)[C@@H](O)[C@H](O[C@@H]8OC[C@@H](O)[C@H](O)[C@H]8O)[C@H]7O[C@@H]7O[C@H](CO)[C@@H](O)[C@H](O)[C@H]7O)[C@@](C)(CO)[C@@H]6CC[C@@]5(C)[C@]3(C)C[C@H]4O)OC[C@H](O)[C@H]2O)[C@H](O)[C@H](O)[C@H]1O[C@@H]1OC[C@@H](O)[C@H](O[C@@H]2OC[C@@](O)(CO)[C@H]2O)[C@H]1O. The first-order valence-electron chi connectivity index (χ1n) is 36.1. The molecule has 5 aliphatic carbocycles. The zero-order chi connectivity index (χ0) is 76.7. The molecule has 41 atom stereocenters. The first kappa shape index (κ1) is 81.8. The van der Waals surface area contributed by atoms with Crippen LogP contribution in [0.3, 0.4) is 0 Å². The summed E-state index contributed by atoms with van der Waals surface area (Å²) in [5.41, 5.74) is -7.37. The number of esters is 1. The Labute approximate surface area is 603 Å². The van der Waals surface area contributed by atoms with E-state index >= 15 is 4.79 Å². The molecule has 21 N–H and O–H groups in total. The average Bonchev–Trinajstić information content (AvgIpc) is 0.854. The van der Waals surface area contributed by atoms with Crippen LogP contribution in [0.25, 0.3) is 0 Å². The van der Waals surface area contributed by atoms with Crippen LogP contribution in [0.4, 0.5) is 0 Å². The lowest BCUT2D eigenvalue weighted by atomic mass is 9.33. The van der Waals surface area contributed by atoms with Crippen molar-refractivity contribution in [1.82, 2.24) is 0 Å². The molecule has 0 spiro atoms. The average molecular weight is 1520 g/mol. The summed E-state index contributed by atoms with van der Waals surface area (Å²) < 4.78 is 82.8. The number of rotatable bonds is 18. The maximum Gasteiger partial charge on any atom is 0.335 e. The normalized spacial score (nSPS) is 55.0. The Morgan fingerprint density at radius 1 is 0.514 bits per heavy atom. The molecule has 105 heavy (non-hydrogen) atoms. The van der Waals surface area contributed by atoms with Crippen LogP contribution in [0.5, 0.6) is 0 Å². The third-order valence-corrected chi connectivity index (χ3v) is 26.4. The van der Waals surface area contributed by atoms with Crippen molar-refractivity contribution in [1.29, 1.82) is 0 Å². The first-order chi connectivity index (χ1) is 49.2. The van der Waals surface area contributed by atoms with E-state index in [1.165, 1.54) is 6.92 Å². The quantitative estimate of drug-likeness (QED) is 0.0344. The van der Waals surface area contributed by atoms with E-state index in [-0.39, 0.29) is 25.2 Å². The van der Waals surface area contributed by atoms with Gasteiger partial charge in [-0.1, -0.05) is 53.2 Å². The highest BCUT2D eigenvalue weighted by Gasteiger charge is 2.74. The van der Waals surface area contributed by atoms with Gasteiger partial charge in [0.15, 0.2) is 49.9 Å². The van der Waals surface area contributed by atoms with Crippen LogP contribution in [0, 0.1) is 50.2 Å². The Morgan fingerprint density at radius 2 is 1.10 bits per heavy atom. The number of carbonyl (C=O) groups excluding carboxylic acids is 1. The number of carboxylic acid groups (broad SMARTS) is 1. The van der Waals surface area contributed by atoms with Crippen molar-refractivity contribution in [2.24, 2.45) is 50.2 Å². The maximum atomic E-state index is 15.7. The van der Waals surface area contributed by atoms with E-state index < -0.39 is 305 Å². The summed E-state index contributed by atoms with van der Waals surface area (Å²) >= 11 is 0. The highest BCUT2D eigenvalue weighted by molar-refractivity contribution is 5.80. The highest BCUT2D eigenvalue weighted by Crippen LogP contribution is 2.76. The number of carboxylic acids is 1. The van der Waals surface area contributed by atoms with Crippen molar-refractivity contribution in [3.05, 3.63) is 11.6 Å². The lowest BCUT2D eigenvalue weighted by Gasteiger charge is -2.72. The van der Waals surface area contributed by atoms with Crippen molar-refractivity contribution in [3.8, 4) is 0 Å². The Hall–Kier alpha value is -2.64. The van der Waals surface area contributed by atoms with Gasteiger partial charge in [0.1, 0.15) is 127 Å². The van der Waals surface area contributed by atoms with E-state index in [9.17, 15) is 112 Å². The molecular formula is C68H108O37. The van der Waals surface area contributed by atoms with Gasteiger partial charge in [-0.3, -0.25) is 4.79 Å². The number of allylic oxidation sites excluding steroid dienone is 2. The largest absolute Gasteiger partial charge is 0.479 e. The van der Waals surface area contributed by atoms with Gasteiger partial charge in [-0.05, 0) is 97.7 Å². The summed E-state index contributed by atoms with van der Waals surface area (Å²) in [6, 6.07) is 0. The second-order valence-corrected chi connectivity index (χ2v) is 33.2. The predicted molar refractivity (Wildman–Crippen MR) is 340 cm³/mol. The molecule has 11 fully saturated rings. The fourth-order valence-corrected chi connectivity index (χ4v) is 20.0. The maximum absolute atomic E-state index is 15.7. The lowest BCUT2D eigenvalue weighted by molar-refractivity contribution is -0.396. The second-order valence-electron chi connectivity index (χ2n) is 33.2. The van der Waals surface area contributed by atoms with Gasteiger partial charge in [0.05, 0.1) is 70.7 Å². The summed E-state index contributed by atoms with van der Waals surface area (Å²) in [7, 11) is 0. The minimum Gasteiger partial charge on any atom is -0.479 e. The number of hydrogen-bond acceptors (Lipinski definition) is 36. The molecule has 0 unspecified atom stereocenters. The van der Waals surface area contributed by atoms with Gasteiger partial charge in [0, 0.05) is 5.41 Å². The molecule has 12 aliphatic rings. The monoisotopic (exact) mass is 1520 g/mol. The minimum atomic E-state index is -2.27. The molecule has 4 saturated carbocycles. The van der Waals surface area contributed by atoms with Gasteiger partial charge in [0.2, 0.25) is 6.29 Å². The summed E-state index contributed by atoms with van der Waals surface area (Å²) in [4.78, 5) is 28.7. The number of aliphatic hydroxyl groups excluding tert-OH is 19. The van der Waals surface area contributed by atoms with Gasteiger partial charge >= 0.3 is 11.9 Å². The summed E-state index contributed by atoms with van der Waals surface area (Å²) in [5.74, 6) is -4.31. The second kappa shape index (κ2) is 30.4. The lowest BCUT2D eigenvalue weighted by Crippen LogP contribution is -2.71. The van der Waals surface area contributed by atoms with Gasteiger partial charge in [-0.25, -0.2) is 4.79 Å². The van der Waals surface area contributed by atoms with Crippen LogP contribution in [-0.4, -0.2) is 368 Å². The highest BCUT2D eigenvalue weighted by atomic mass is 16.8. The molecule has 7 heterocycles. The molecule has 0 bridgehead atoms. The summed E-state index contributed by atoms with van der Waals surface area (Å²) in [5, 5.41) is 234. The smallest absolute Gasteiger partial charge is 0.335 e. The molecule has 0 aromatic heterocycles. The molecule has 0 radical (unpaired) electrons. The zero-order valence-corrected chi connectivity index (χ0v) is 59.3. The minimum absolute atomic E-state index is 0.000546. The number of fused-ring (bicyclic) bond motifs is 7. The third-order valence-electron chi connectivity index (χ3n) is 26.4. The van der Waals surface area contributed by atoms with Crippen molar-refractivity contribution >= 4 is 11.9 Å². The van der Waals surface area contributed by atoms with Crippen molar-refractivity contribution in [2.75, 3.05) is 46.2 Å². The van der Waals surface area contributed by atoms with E-state index in [1.807, 2.05) is 6.92 Å². The van der Waals surface area contributed by atoms with Crippen LogP contribution in [0.2, 0.25) is 0 Å². The van der Waals surface area contributed by atoms with Gasteiger partial charge in [-0.15, -0.1) is 0 Å². The summed E-state index contributed by atoms with van der Waals surface area (Å²) in [6.07, 6.45) is -54.1. The number of hydrogen-bond donors (Lipinski definition) is 21. The van der Waals surface area contributed by atoms with Crippen LogP contribution in [-0.2, 0) is 75.9 Å². The number of carbonyl (C=O) groups is 2. The Morgan fingerprint density at radius 3 is 1.75 bits per heavy atom. The van der Waals surface area contributed by atoms with Gasteiger partial charge in [0.25, 0.3) is 0 Å². The van der Waals surface area contributed by atoms with Crippen LogP contribution < -0.4 is 0 Å². The molecule has 0 aromatic rings. The van der Waals surface area contributed by atoms with E-state index in [1.54, 1.807) is 6.92 Å². The molecule has 12 rings (SSSR count). The third kappa shape index (κ3) is 13.9. The molecule has 37 nitrogen and oxygen atoms in total. The van der Waals surface area contributed by atoms with Crippen molar-refractivity contribution in [2.45, 2.75) is 302 Å². The molecule has 0 amide bonds. The van der Waals surface area contributed by atoms with Crippen LogP contribution in [0.15, 0.2) is 11.6 Å². The zero-order valence-electron chi connectivity index (χ0n) is 59.3. The first-order valence-corrected chi connectivity index (χ1v) is 36.1. The molecule has 37 heteroatoms. The number of aliphatic carboxylic acids is 1. The van der Waals surface area contributed by atoms with Crippen molar-refractivity contribution < 1.29 is 183 Å². The fourth-order valence-electron chi connectivity index (χ4n) is 20.0. The van der Waals surface area contributed by atoms with E-state index in [4.69, 9.17) is 66.3 Å². The Bertz CT molecular complexity index is 3060. The van der Waals surface area contributed by atoms with Crippen LogP contribution in [0.1, 0.15) is 99.8 Å².